The maximum absolute atomic E-state index is 12.4. The van der Waals surface area contributed by atoms with Gasteiger partial charge in [-0.1, -0.05) is 48.6 Å². The Hall–Kier alpha value is -3.41. The van der Waals surface area contributed by atoms with E-state index in [9.17, 15) is 13.2 Å². The molecule has 0 spiro atoms. The molecule has 0 fully saturated rings. The monoisotopic (exact) mass is 369 g/mol. The zero-order chi connectivity index (χ0) is 19.0. The van der Waals surface area contributed by atoms with Crippen molar-refractivity contribution in [2.45, 2.75) is 4.90 Å². The van der Waals surface area contributed by atoms with Gasteiger partial charge in [-0.05, 0) is 29.8 Å². The summed E-state index contributed by atoms with van der Waals surface area (Å²) in [7, 11) is -3.75. The fraction of sp³-hybridized carbons (Fsp3) is 0. The minimum Gasteiger partial charge on any atom is -0.288 e. The van der Waals surface area contributed by atoms with Gasteiger partial charge in [0.2, 0.25) is 0 Å². The second-order valence-electron chi connectivity index (χ2n) is 5.00. The van der Waals surface area contributed by atoms with E-state index in [2.05, 4.69) is 4.72 Å². The van der Waals surface area contributed by atoms with Crippen molar-refractivity contribution in [1.29, 1.82) is 5.26 Å². The number of hydrogen-bond donors (Lipinski definition) is 3. The lowest BCUT2D eigenvalue weighted by Crippen LogP contribution is -2.19. The van der Waals surface area contributed by atoms with Gasteiger partial charge in [-0.3, -0.25) is 14.7 Å². The summed E-state index contributed by atoms with van der Waals surface area (Å²) in [5.74, 6) is -0.935. The molecule has 3 N–H and O–H groups in total. The molecule has 0 unspecified atom stereocenters. The minimum atomic E-state index is -3.75. The first kappa shape index (κ1) is 18.9. The SMILES string of the molecule is N#CC(=CC=Cc1ccccc1NS(=O)(=O)c1ccccc1)C(=O)NO. The summed E-state index contributed by atoms with van der Waals surface area (Å²) in [6.07, 6.45) is 4.14. The molecule has 0 aromatic heterocycles. The maximum atomic E-state index is 12.4. The first-order chi connectivity index (χ1) is 12.5. The topological polar surface area (TPSA) is 119 Å². The van der Waals surface area contributed by atoms with Gasteiger partial charge in [0.15, 0.2) is 0 Å². The van der Waals surface area contributed by atoms with Crippen LogP contribution in [0.4, 0.5) is 5.69 Å². The van der Waals surface area contributed by atoms with Crippen LogP contribution in [0.15, 0.2) is 77.2 Å². The predicted molar refractivity (Wildman–Crippen MR) is 96.4 cm³/mol. The van der Waals surface area contributed by atoms with Crippen LogP contribution in [0.3, 0.4) is 0 Å². The number of allylic oxidation sites excluding steroid dienone is 2. The van der Waals surface area contributed by atoms with E-state index in [0.29, 0.717) is 11.3 Å². The molecule has 8 heteroatoms. The maximum Gasteiger partial charge on any atom is 0.285 e. The van der Waals surface area contributed by atoms with Gasteiger partial charge in [0.25, 0.3) is 15.9 Å². The predicted octanol–water partition coefficient (Wildman–Crippen LogP) is 2.46. The third-order valence-corrected chi connectivity index (χ3v) is 4.65. The van der Waals surface area contributed by atoms with Crippen LogP contribution in [-0.4, -0.2) is 19.5 Å². The molecule has 0 saturated carbocycles. The molecule has 0 saturated heterocycles. The van der Waals surface area contributed by atoms with Crippen LogP contribution in [0.2, 0.25) is 0 Å². The summed E-state index contributed by atoms with van der Waals surface area (Å²) in [4.78, 5) is 11.3. The molecule has 2 aromatic carbocycles. The molecule has 1 amide bonds. The van der Waals surface area contributed by atoms with Crippen molar-refractivity contribution in [2.75, 3.05) is 4.72 Å². The number of benzene rings is 2. The first-order valence-electron chi connectivity index (χ1n) is 7.37. The summed E-state index contributed by atoms with van der Waals surface area (Å²) in [6, 6.07) is 16.2. The molecule has 0 aliphatic heterocycles. The number of carbonyl (C=O) groups excluding carboxylic acids is 1. The van der Waals surface area contributed by atoms with E-state index in [1.54, 1.807) is 48.5 Å². The van der Waals surface area contributed by atoms with Crippen LogP contribution >= 0.6 is 0 Å². The number of hydrogen-bond acceptors (Lipinski definition) is 5. The summed E-state index contributed by atoms with van der Waals surface area (Å²) >= 11 is 0. The van der Waals surface area contributed by atoms with Crippen molar-refractivity contribution in [3.63, 3.8) is 0 Å². The zero-order valence-corrected chi connectivity index (χ0v) is 14.3. The van der Waals surface area contributed by atoms with Crippen molar-refractivity contribution in [1.82, 2.24) is 5.48 Å². The summed E-state index contributed by atoms with van der Waals surface area (Å²) < 4.78 is 27.4. The van der Waals surface area contributed by atoms with E-state index < -0.39 is 15.9 Å². The highest BCUT2D eigenvalue weighted by molar-refractivity contribution is 7.92. The van der Waals surface area contributed by atoms with Crippen molar-refractivity contribution in [3.8, 4) is 6.07 Å². The quantitative estimate of drug-likeness (QED) is 0.238. The molecular weight excluding hydrogens is 354 g/mol. The lowest BCUT2D eigenvalue weighted by molar-refractivity contribution is -0.124. The molecule has 7 nitrogen and oxygen atoms in total. The van der Waals surface area contributed by atoms with Crippen molar-refractivity contribution < 1.29 is 18.4 Å². The van der Waals surface area contributed by atoms with E-state index in [1.807, 2.05) is 0 Å². The van der Waals surface area contributed by atoms with Crippen LogP contribution in [-0.2, 0) is 14.8 Å². The highest BCUT2D eigenvalue weighted by Crippen LogP contribution is 2.21. The number of hydroxylamine groups is 1. The van der Waals surface area contributed by atoms with E-state index in [1.165, 1.54) is 35.8 Å². The second-order valence-corrected chi connectivity index (χ2v) is 6.68. The van der Waals surface area contributed by atoms with Gasteiger partial charge in [0.05, 0.1) is 10.6 Å². The summed E-state index contributed by atoms with van der Waals surface area (Å²) in [5, 5.41) is 17.4. The highest BCUT2D eigenvalue weighted by atomic mass is 32.2. The molecule has 0 radical (unpaired) electrons. The Bertz CT molecular complexity index is 991. The van der Waals surface area contributed by atoms with Crippen molar-refractivity contribution >= 4 is 27.7 Å². The first-order valence-corrected chi connectivity index (χ1v) is 8.86. The molecule has 0 heterocycles. The Morgan fingerprint density at radius 1 is 1.08 bits per heavy atom. The second kappa shape index (κ2) is 8.62. The lowest BCUT2D eigenvalue weighted by atomic mass is 10.1. The van der Waals surface area contributed by atoms with Gasteiger partial charge in [0, 0.05) is 0 Å². The van der Waals surface area contributed by atoms with Crippen LogP contribution in [0, 0.1) is 11.3 Å². The number of carbonyl (C=O) groups is 1. The number of amides is 1. The van der Waals surface area contributed by atoms with Crippen LogP contribution in [0.1, 0.15) is 5.56 Å². The number of rotatable bonds is 6. The largest absolute Gasteiger partial charge is 0.288 e. The average molecular weight is 369 g/mol. The molecule has 0 atom stereocenters. The molecular formula is C18H15N3O4S. The Kier molecular flexibility index (Phi) is 6.27. The minimum absolute atomic E-state index is 0.130. The smallest absolute Gasteiger partial charge is 0.285 e. The zero-order valence-electron chi connectivity index (χ0n) is 13.5. The molecule has 26 heavy (non-hydrogen) atoms. The molecule has 2 aromatic rings. The fourth-order valence-electron chi connectivity index (χ4n) is 2.01. The average Bonchev–Trinajstić information content (AvgIpc) is 2.66. The number of nitrogens with zero attached hydrogens (tertiary/aromatic N) is 1. The third kappa shape index (κ3) is 4.80. The van der Waals surface area contributed by atoms with Crippen molar-refractivity contribution in [2.24, 2.45) is 0 Å². The Morgan fingerprint density at radius 3 is 2.38 bits per heavy atom. The highest BCUT2D eigenvalue weighted by Gasteiger charge is 2.14. The van der Waals surface area contributed by atoms with Gasteiger partial charge >= 0.3 is 0 Å². The number of nitrogens with one attached hydrogen (secondary N) is 2. The van der Waals surface area contributed by atoms with Gasteiger partial charge in [0.1, 0.15) is 11.6 Å². The number of sulfonamides is 1. The van der Waals surface area contributed by atoms with E-state index in [-0.39, 0.29) is 10.5 Å². The van der Waals surface area contributed by atoms with Gasteiger partial charge in [-0.2, -0.15) is 5.26 Å². The standard InChI is InChI=1S/C18H15N3O4S/c19-13-15(18(22)20-23)9-6-8-14-7-4-5-12-17(14)21-26(24,25)16-10-2-1-3-11-16/h1-12,21,23H,(H,20,22). The van der Waals surface area contributed by atoms with Gasteiger partial charge in [-0.15, -0.1) is 0 Å². The van der Waals surface area contributed by atoms with E-state index in [4.69, 9.17) is 10.5 Å². The van der Waals surface area contributed by atoms with Crippen LogP contribution < -0.4 is 10.2 Å². The fourth-order valence-corrected chi connectivity index (χ4v) is 3.12. The molecule has 2 rings (SSSR count). The van der Waals surface area contributed by atoms with Crippen LogP contribution in [0.5, 0.6) is 0 Å². The third-order valence-electron chi connectivity index (χ3n) is 3.26. The number of para-hydroxylation sites is 1. The van der Waals surface area contributed by atoms with Gasteiger partial charge < -0.3 is 0 Å². The summed E-state index contributed by atoms with van der Waals surface area (Å²) in [6.45, 7) is 0. The number of nitriles is 1. The lowest BCUT2D eigenvalue weighted by Gasteiger charge is -2.10. The molecule has 132 valence electrons. The molecule has 0 aliphatic carbocycles. The molecule has 0 aliphatic rings. The van der Waals surface area contributed by atoms with E-state index >= 15 is 0 Å². The Balaban J connectivity index is 2.29. The van der Waals surface area contributed by atoms with Crippen molar-refractivity contribution in [3.05, 3.63) is 77.9 Å². The summed E-state index contributed by atoms with van der Waals surface area (Å²) in [5.41, 5.74) is 1.94. The Labute approximate surface area is 150 Å². The van der Waals surface area contributed by atoms with Crippen LogP contribution in [0.25, 0.3) is 6.08 Å². The number of anilines is 1. The Morgan fingerprint density at radius 2 is 1.73 bits per heavy atom. The van der Waals surface area contributed by atoms with E-state index in [0.717, 1.165) is 0 Å². The normalized spacial score (nSPS) is 11.8. The molecule has 0 bridgehead atoms. The van der Waals surface area contributed by atoms with Gasteiger partial charge in [-0.25, -0.2) is 13.9 Å².